The second kappa shape index (κ2) is 3.41. The monoisotopic (exact) mass is 220 g/mol. The van der Waals surface area contributed by atoms with Gasteiger partial charge in [-0.05, 0) is 13.8 Å². The molecule has 3 nitrogen and oxygen atoms in total. The zero-order valence-corrected chi connectivity index (χ0v) is 9.94. The number of nitrogens with zero attached hydrogens (tertiary/aromatic N) is 2. The molecule has 7 heteroatoms. The van der Waals surface area contributed by atoms with Crippen LogP contribution in [0.3, 0.4) is 0 Å². The number of aromatic nitrogens is 2. The maximum absolute atomic E-state index is 12.4. The van der Waals surface area contributed by atoms with Gasteiger partial charge < -0.3 is 3.67 Å². The molecule has 0 bridgehead atoms. The second-order valence-electron chi connectivity index (χ2n) is 3.01. The molecule has 1 heterocycles. The highest BCUT2D eigenvalue weighted by atomic mass is 27.1. The van der Waals surface area contributed by atoms with Gasteiger partial charge >= 0.3 is 22.7 Å². The highest BCUT2D eigenvalue weighted by Gasteiger charge is 2.36. The van der Waals surface area contributed by atoms with Crippen molar-refractivity contribution >= 4 is 16.5 Å². The van der Waals surface area contributed by atoms with E-state index in [0.717, 1.165) is 3.67 Å². The van der Waals surface area contributed by atoms with Crippen molar-refractivity contribution in [2.45, 2.75) is 20.0 Å². The third-order valence-corrected chi connectivity index (χ3v) is 2.54. The molecule has 0 saturated carbocycles. The standard InChI is InChI=1S/C7H7F3N2O.Al.2H/c1-3-5(7(8,9)10)4(2)11-12-6(3)13;;;/h1-2H3,(H,12,13);;;/q;+1;;/p-1. The first kappa shape index (κ1) is 11.3. The topological polar surface area (TPSA) is 34.9 Å². The minimum atomic E-state index is -4.50. The van der Waals surface area contributed by atoms with E-state index in [-0.39, 0.29) is 27.8 Å². The summed E-state index contributed by atoms with van der Waals surface area (Å²) in [7, 11) is 0. The van der Waals surface area contributed by atoms with E-state index in [1.165, 1.54) is 13.8 Å². The molecule has 0 unspecified atom stereocenters. The molecular weight excluding hydrogens is 212 g/mol. The van der Waals surface area contributed by atoms with Gasteiger partial charge in [-0.25, -0.2) is 5.10 Å². The Kier molecular flexibility index (Phi) is 2.74. The van der Waals surface area contributed by atoms with Crippen molar-refractivity contribution in [1.82, 2.24) is 8.76 Å². The lowest BCUT2D eigenvalue weighted by Crippen LogP contribution is -2.29. The Morgan fingerprint density at radius 3 is 2.29 bits per heavy atom. The van der Waals surface area contributed by atoms with Gasteiger partial charge in [0.05, 0.1) is 11.3 Å². The molecule has 0 aliphatic heterocycles. The number of aryl methyl sites for hydroxylation is 1. The molecule has 0 atom stereocenters. The predicted molar refractivity (Wildman–Crippen MR) is 46.9 cm³/mol. The van der Waals surface area contributed by atoms with Crippen molar-refractivity contribution in [3.63, 3.8) is 0 Å². The Morgan fingerprint density at radius 1 is 1.36 bits per heavy atom. The lowest BCUT2D eigenvalue weighted by molar-refractivity contribution is -0.139. The normalized spacial score (nSPS) is 11.8. The van der Waals surface area contributed by atoms with E-state index in [1.54, 1.807) is 0 Å². The van der Waals surface area contributed by atoms with E-state index in [9.17, 15) is 18.0 Å². The van der Waals surface area contributed by atoms with Crippen LogP contribution < -0.4 is 5.56 Å². The first-order chi connectivity index (χ1) is 6.25. The Labute approximate surface area is 86.2 Å². The van der Waals surface area contributed by atoms with Gasteiger partial charge in [-0.3, -0.25) is 4.79 Å². The third kappa shape index (κ3) is 1.84. The Hall–Kier alpha value is -0.798. The van der Waals surface area contributed by atoms with Crippen LogP contribution in [0.15, 0.2) is 4.79 Å². The fourth-order valence-corrected chi connectivity index (χ4v) is 1.99. The van der Waals surface area contributed by atoms with E-state index in [1.807, 2.05) is 0 Å². The second-order valence-corrected chi connectivity index (χ2v) is 3.86. The van der Waals surface area contributed by atoms with Crippen LogP contribution in [0.1, 0.15) is 16.8 Å². The molecular formula is C7H8AlF3N2O. The number of alkyl halides is 3. The average Bonchev–Trinajstić information content (AvgIpc) is 1.97. The van der Waals surface area contributed by atoms with E-state index in [4.69, 9.17) is 0 Å². The molecule has 0 aliphatic rings. The van der Waals surface area contributed by atoms with Gasteiger partial charge in [0.15, 0.2) is 0 Å². The summed E-state index contributed by atoms with van der Waals surface area (Å²) in [6.07, 6.45) is -4.50. The minimum absolute atomic E-state index is 0.149. The highest BCUT2D eigenvalue weighted by Crippen LogP contribution is 2.31. The summed E-state index contributed by atoms with van der Waals surface area (Å²) in [4.78, 5) is 11.2. The zero-order valence-electron chi connectivity index (χ0n) is 7.94. The molecule has 0 spiro atoms. The summed E-state index contributed by atoms with van der Waals surface area (Å²) >= 11 is 0.284. The summed E-state index contributed by atoms with van der Waals surface area (Å²) in [6.45, 7) is 2.43. The molecule has 0 amide bonds. The molecule has 76 valence electrons. The number of hydrogen-bond donors (Lipinski definition) is 0. The van der Waals surface area contributed by atoms with Crippen LogP contribution in [0.4, 0.5) is 13.2 Å². The van der Waals surface area contributed by atoms with E-state index < -0.39 is 17.3 Å². The Morgan fingerprint density at radius 2 is 1.86 bits per heavy atom. The third-order valence-electron chi connectivity index (χ3n) is 1.93. The SMILES string of the molecule is Cc1n[n]([AlH2])c(=O)c(C)c1C(F)(F)F. The maximum atomic E-state index is 12.4. The van der Waals surface area contributed by atoms with Crippen LogP contribution in [0.5, 0.6) is 0 Å². The van der Waals surface area contributed by atoms with Gasteiger partial charge in [-0.2, -0.15) is 13.2 Å². The van der Waals surface area contributed by atoms with Gasteiger partial charge in [0.1, 0.15) is 0 Å². The van der Waals surface area contributed by atoms with Gasteiger partial charge in [-0.1, -0.05) is 0 Å². The molecule has 14 heavy (non-hydrogen) atoms. The van der Waals surface area contributed by atoms with Gasteiger partial charge in [0.25, 0.3) is 0 Å². The van der Waals surface area contributed by atoms with Crippen molar-refractivity contribution in [2.24, 2.45) is 0 Å². The highest BCUT2D eigenvalue weighted by molar-refractivity contribution is 6.05. The van der Waals surface area contributed by atoms with Crippen molar-refractivity contribution in [2.75, 3.05) is 0 Å². The molecule has 1 aromatic heterocycles. The molecule has 0 radical (unpaired) electrons. The average molecular weight is 220 g/mol. The zero-order chi connectivity index (χ0) is 11.1. The van der Waals surface area contributed by atoms with Crippen LogP contribution in [-0.2, 0) is 6.18 Å². The molecule has 0 aliphatic carbocycles. The summed E-state index contributed by atoms with van der Waals surface area (Å²) in [5.41, 5.74) is -1.99. The summed E-state index contributed by atoms with van der Waals surface area (Å²) < 4.78 is 38.4. The maximum Gasteiger partial charge on any atom is 0.418 e. The van der Waals surface area contributed by atoms with E-state index >= 15 is 0 Å². The lowest BCUT2D eigenvalue weighted by Gasteiger charge is -2.13. The number of hydrogen-bond acceptors (Lipinski definition) is 2. The molecule has 0 fully saturated rings. The molecule has 1 aromatic rings. The summed E-state index contributed by atoms with van der Waals surface area (Å²) in [5.74, 6) is 0. The fourth-order valence-electron chi connectivity index (χ4n) is 1.36. The largest absolute Gasteiger partial charge is 0.418 e. The van der Waals surface area contributed by atoms with Crippen molar-refractivity contribution in [3.05, 3.63) is 27.2 Å². The predicted octanol–water partition coefficient (Wildman–Crippen LogP) is 0.275. The van der Waals surface area contributed by atoms with Crippen molar-refractivity contribution < 1.29 is 13.2 Å². The molecule has 1 rings (SSSR count). The fraction of sp³-hybridized carbons (Fsp3) is 0.429. The number of rotatable bonds is 0. The van der Waals surface area contributed by atoms with Crippen LogP contribution in [0, 0.1) is 13.8 Å². The van der Waals surface area contributed by atoms with Crippen LogP contribution in [0.2, 0.25) is 0 Å². The minimum Gasteiger partial charge on any atom is -0.337 e. The van der Waals surface area contributed by atoms with Crippen LogP contribution in [-0.4, -0.2) is 25.3 Å². The van der Waals surface area contributed by atoms with Gasteiger partial charge in [-0.15, -0.1) is 0 Å². The van der Waals surface area contributed by atoms with Crippen LogP contribution >= 0.6 is 0 Å². The Bertz CT molecular complexity index is 424. The van der Waals surface area contributed by atoms with E-state index in [0.29, 0.717) is 0 Å². The molecule has 0 N–H and O–H groups in total. The summed E-state index contributed by atoms with van der Waals surface area (Å²) in [6, 6.07) is 0. The lowest BCUT2D eigenvalue weighted by atomic mass is 10.1. The molecule has 0 aromatic carbocycles. The first-order valence-corrected chi connectivity index (χ1v) is 4.76. The van der Waals surface area contributed by atoms with Crippen molar-refractivity contribution in [3.8, 4) is 0 Å². The molecule has 0 saturated heterocycles. The quantitative estimate of drug-likeness (QED) is 0.588. The van der Waals surface area contributed by atoms with Crippen LogP contribution in [0.25, 0.3) is 0 Å². The van der Waals surface area contributed by atoms with Gasteiger partial charge in [0.2, 0.25) is 5.56 Å². The van der Waals surface area contributed by atoms with Gasteiger partial charge in [0, 0.05) is 5.56 Å². The smallest absolute Gasteiger partial charge is 0.337 e. The summed E-state index contributed by atoms with van der Waals surface area (Å²) in [5, 5.41) is 3.55. The Balaban J connectivity index is 3.61. The van der Waals surface area contributed by atoms with E-state index in [2.05, 4.69) is 5.10 Å². The first-order valence-electron chi connectivity index (χ1n) is 3.87. The number of halogens is 3. The van der Waals surface area contributed by atoms with Crippen molar-refractivity contribution in [1.29, 1.82) is 0 Å².